The van der Waals surface area contributed by atoms with Crippen LogP contribution in [0.25, 0.3) is 27.8 Å². The molecule has 1 aliphatic heterocycles. The highest BCUT2D eigenvalue weighted by Crippen LogP contribution is 2.29. The number of para-hydroxylation sites is 2. The Labute approximate surface area is 227 Å². The Kier molecular flexibility index (Phi) is 6.63. The molecule has 3 heterocycles. The summed E-state index contributed by atoms with van der Waals surface area (Å²) >= 11 is 0. The number of pyridine rings is 1. The third-order valence-electron chi connectivity index (χ3n) is 7.16. The van der Waals surface area contributed by atoms with E-state index in [0.717, 1.165) is 70.9 Å². The summed E-state index contributed by atoms with van der Waals surface area (Å²) < 4.78 is 1.98. The summed E-state index contributed by atoms with van der Waals surface area (Å²) in [6, 6.07) is 27.8. The maximum absolute atomic E-state index is 13.5. The predicted octanol–water partition coefficient (Wildman–Crippen LogP) is 6.07. The van der Waals surface area contributed by atoms with Gasteiger partial charge in [-0.2, -0.15) is 10.2 Å². The summed E-state index contributed by atoms with van der Waals surface area (Å²) in [6.45, 7) is 5.97. The first-order valence-corrected chi connectivity index (χ1v) is 13.3. The van der Waals surface area contributed by atoms with Crippen LogP contribution in [0.5, 0.6) is 0 Å². The smallest absolute Gasteiger partial charge is 0.272 e. The van der Waals surface area contributed by atoms with E-state index in [1.165, 1.54) is 5.56 Å². The minimum Gasteiger partial charge on any atom is -0.356 e. The Morgan fingerprint density at radius 3 is 2.41 bits per heavy atom. The molecule has 0 spiro atoms. The van der Waals surface area contributed by atoms with Gasteiger partial charge in [0, 0.05) is 24.0 Å². The molecule has 0 saturated carbocycles. The highest BCUT2D eigenvalue weighted by molar-refractivity contribution is 6.07. The van der Waals surface area contributed by atoms with Crippen molar-refractivity contribution in [3.05, 3.63) is 107 Å². The largest absolute Gasteiger partial charge is 0.356 e. The lowest BCUT2D eigenvalue weighted by Crippen LogP contribution is -2.23. The maximum Gasteiger partial charge on any atom is 0.272 e. The number of nitrogens with one attached hydrogen (secondary N) is 1. The summed E-state index contributed by atoms with van der Waals surface area (Å²) in [7, 11) is 0. The molecule has 3 aromatic carbocycles. The van der Waals surface area contributed by atoms with Crippen molar-refractivity contribution in [1.82, 2.24) is 20.2 Å². The van der Waals surface area contributed by atoms with Gasteiger partial charge in [0.2, 0.25) is 0 Å². The average Bonchev–Trinajstić information content (AvgIpc) is 3.61. The first-order chi connectivity index (χ1) is 19.1. The topological polar surface area (TPSA) is 75.4 Å². The number of amides is 1. The van der Waals surface area contributed by atoms with Crippen LogP contribution in [0.3, 0.4) is 0 Å². The van der Waals surface area contributed by atoms with Gasteiger partial charge in [-0.25, -0.2) is 15.1 Å². The number of carbonyl (C=O) groups is 1. The number of rotatable bonds is 6. The summed E-state index contributed by atoms with van der Waals surface area (Å²) in [5, 5.41) is 10.0. The second kappa shape index (κ2) is 10.5. The molecule has 0 atom stereocenters. The Morgan fingerprint density at radius 2 is 1.64 bits per heavy atom. The monoisotopic (exact) mass is 514 g/mol. The second-order valence-electron chi connectivity index (χ2n) is 9.90. The van der Waals surface area contributed by atoms with Crippen LogP contribution >= 0.6 is 0 Å². The van der Waals surface area contributed by atoms with Crippen LogP contribution in [0.15, 0.2) is 90.0 Å². The molecule has 1 aliphatic rings. The molecule has 1 amide bonds. The van der Waals surface area contributed by atoms with Gasteiger partial charge in [0.1, 0.15) is 5.82 Å². The summed E-state index contributed by atoms with van der Waals surface area (Å²) in [5.74, 6) is 0.722. The third kappa shape index (κ3) is 4.91. The van der Waals surface area contributed by atoms with Gasteiger partial charge in [0.25, 0.3) is 5.91 Å². The lowest BCUT2D eigenvalue weighted by molar-refractivity contribution is 0.0956. The molecule has 0 radical (unpaired) electrons. The number of hydrogen-bond acceptors (Lipinski definition) is 5. The van der Waals surface area contributed by atoms with Crippen molar-refractivity contribution in [2.45, 2.75) is 26.7 Å². The van der Waals surface area contributed by atoms with Crippen LogP contribution in [0.4, 0.5) is 5.82 Å². The van der Waals surface area contributed by atoms with Crippen molar-refractivity contribution in [2.75, 3.05) is 18.0 Å². The fraction of sp³-hybridized carbons (Fsp3) is 0.188. The highest BCUT2D eigenvalue weighted by Gasteiger charge is 2.23. The molecule has 1 fully saturated rings. The van der Waals surface area contributed by atoms with Crippen molar-refractivity contribution in [3.8, 4) is 16.9 Å². The Bertz CT molecular complexity index is 1670. The van der Waals surface area contributed by atoms with E-state index in [0.29, 0.717) is 5.56 Å². The lowest BCUT2D eigenvalue weighted by Gasteiger charge is -2.20. The Balaban J connectivity index is 1.33. The molecule has 6 rings (SSSR count). The first-order valence-electron chi connectivity index (χ1n) is 13.3. The minimum atomic E-state index is -0.283. The highest BCUT2D eigenvalue weighted by atomic mass is 16.2. The zero-order chi connectivity index (χ0) is 26.8. The number of benzene rings is 3. The fourth-order valence-electron chi connectivity index (χ4n) is 5.11. The number of aromatic nitrogens is 3. The van der Waals surface area contributed by atoms with Crippen molar-refractivity contribution in [2.24, 2.45) is 5.10 Å². The van der Waals surface area contributed by atoms with Crippen LogP contribution in [0, 0.1) is 13.8 Å². The number of nitrogens with zero attached hydrogens (tertiary/aromatic N) is 5. The Hall–Kier alpha value is -4.78. The summed E-state index contributed by atoms with van der Waals surface area (Å²) in [6.07, 6.45) is 4.01. The molecule has 5 aromatic rings. The van der Waals surface area contributed by atoms with Crippen LogP contribution in [0.2, 0.25) is 0 Å². The number of anilines is 1. The van der Waals surface area contributed by atoms with E-state index in [1.54, 1.807) is 6.21 Å². The van der Waals surface area contributed by atoms with Crippen LogP contribution in [0.1, 0.15) is 40.0 Å². The molecule has 39 heavy (non-hydrogen) atoms. The van der Waals surface area contributed by atoms with Gasteiger partial charge < -0.3 is 4.90 Å². The standard InChI is InChI=1S/C32H30N6O/c1-22-14-16-24(17-15-22)30-20-27(26-12-6-7-13-29(26)34-30)31(39)35-33-21-28-23(2)36-38(25-10-4-3-5-11-25)32(28)37-18-8-9-19-37/h3-7,10-17,20-21H,8-9,18-19H2,1-2H3,(H,35,39). The zero-order valence-corrected chi connectivity index (χ0v) is 22.1. The van der Waals surface area contributed by atoms with E-state index in [2.05, 4.69) is 34.5 Å². The molecular weight excluding hydrogens is 484 g/mol. The molecule has 1 saturated heterocycles. The van der Waals surface area contributed by atoms with Crippen LogP contribution in [-0.2, 0) is 0 Å². The molecular formula is C32H30N6O. The number of hydrogen-bond donors (Lipinski definition) is 1. The molecule has 0 aliphatic carbocycles. The van der Waals surface area contributed by atoms with E-state index in [1.807, 2.05) is 84.4 Å². The first kappa shape index (κ1) is 24.6. The van der Waals surface area contributed by atoms with Crippen molar-refractivity contribution < 1.29 is 4.79 Å². The van der Waals surface area contributed by atoms with Crippen LogP contribution < -0.4 is 10.3 Å². The maximum atomic E-state index is 13.5. The molecule has 194 valence electrons. The zero-order valence-electron chi connectivity index (χ0n) is 22.1. The number of hydrazone groups is 1. The normalized spacial score (nSPS) is 13.4. The molecule has 1 N–H and O–H groups in total. The average molecular weight is 515 g/mol. The third-order valence-corrected chi connectivity index (χ3v) is 7.16. The van der Waals surface area contributed by atoms with Crippen molar-refractivity contribution >= 4 is 28.8 Å². The fourth-order valence-corrected chi connectivity index (χ4v) is 5.11. The quantitative estimate of drug-likeness (QED) is 0.221. The molecule has 2 aromatic heterocycles. The summed E-state index contributed by atoms with van der Waals surface area (Å²) in [4.78, 5) is 20.6. The van der Waals surface area contributed by atoms with Crippen molar-refractivity contribution in [1.29, 1.82) is 0 Å². The second-order valence-corrected chi connectivity index (χ2v) is 9.90. The lowest BCUT2D eigenvalue weighted by atomic mass is 10.0. The van der Waals surface area contributed by atoms with Gasteiger partial charge in [-0.05, 0) is 51.0 Å². The molecule has 7 heteroatoms. The molecule has 7 nitrogen and oxygen atoms in total. The summed E-state index contributed by atoms with van der Waals surface area (Å²) in [5.41, 5.74) is 9.71. The van der Waals surface area contributed by atoms with Gasteiger partial charge in [-0.1, -0.05) is 66.2 Å². The SMILES string of the molecule is Cc1ccc(-c2cc(C(=O)NN=Cc3c(C)nn(-c4ccccc4)c3N3CCCC3)c3ccccc3n2)cc1. The van der Waals surface area contributed by atoms with Crippen molar-refractivity contribution in [3.63, 3.8) is 0 Å². The van der Waals surface area contributed by atoms with Gasteiger partial charge >= 0.3 is 0 Å². The number of aryl methyl sites for hydroxylation is 2. The molecule has 0 unspecified atom stereocenters. The van der Waals surface area contributed by atoms with E-state index in [-0.39, 0.29) is 5.91 Å². The van der Waals surface area contributed by atoms with E-state index >= 15 is 0 Å². The number of carbonyl (C=O) groups excluding carboxylic acids is 1. The van der Waals surface area contributed by atoms with Gasteiger partial charge in [0.05, 0.1) is 39.9 Å². The van der Waals surface area contributed by atoms with Crippen LogP contribution in [-0.4, -0.2) is 40.0 Å². The number of fused-ring (bicyclic) bond motifs is 1. The minimum absolute atomic E-state index is 0.283. The van der Waals surface area contributed by atoms with E-state index < -0.39 is 0 Å². The molecule has 0 bridgehead atoms. The predicted molar refractivity (Wildman–Crippen MR) is 157 cm³/mol. The van der Waals surface area contributed by atoms with E-state index in [9.17, 15) is 4.79 Å². The van der Waals surface area contributed by atoms with Gasteiger partial charge in [-0.15, -0.1) is 0 Å². The van der Waals surface area contributed by atoms with Gasteiger partial charge in [-0.3, -0.25) is 4.79 Å². The van der Waals surface area contributed by atoms with E-state index in [4.69, 9.17) is 10.1 Å². The van der Waals surface area contributed by atoms with Gasteiger partial charge in [0.15, 0.2) is 0 Å². The Morgan fingerprint density at radius 1 is 0.923 bits per heavy atom.